The van der Waals surface area contributed by atoms with E-state index in [0.29, 0.717) is 18.8 Å². The van der Waals surface area contributed by atoms with Gasteiger partial charge in [-0.3, -0.25) is 19.7 Å². The number of Topliss-reactive ketones (excluding diaryl/α,β-unsaturated/α-hetero) is 2. The highest BCUT2D eigenvalue weighted by Gasteiger charge is 2.71. The lowest BCUT2D eigenvalue weighted by molar-refractivity contribution is -0.179. The van der Waals surface area contributed by atoms with Crippen LogP contribution in [0.3, 0.4) is 0 Å². The number of ether oxygens (including phenoxy) is 4. The monoisotopic (exact) mass is 529 g/mol. The van der Waals surface area contributed by atoms with Gasteiger partial charge >= 0.3 is 5.97 Å². The lowest BCUT2D eigenvalue weighted by Gasteiger charge is -2.54. The van der Waals surface area contributed by atoms with Crippen molar-refractivity contribution in [3.63, 3.8) is 0 Å². The van der Waals surface area contributed by atoms with Crippen LogP contribution in [0.5, 0.6) is 0 Å². The SMILES string of the molecule is COC(=O)C1CC(C2CCSC2)C2C(=O)C[C@@H](C)[C@]3(OC4C(Cl)C(OC)CC(OC)C4C3=O)C2N1. The van der Waals surface area contributed by atoms with Crippen molar-refractivity contribution in [2.45, 2.75) is 74.0 Å². The highest BCUT2D eigenvalue weighted by Crippen LogP contribution is 2.55. The van der Waals surface area contributed by atoms with Crippen molar-refractivity contribution in [3.8, 4) is 0 Å². The Morgan fingerprint density at radius 1 is 1.14 bits per heavy atom. The summed E-state index contributed by atoms with van der Waals surface area (Å²) in [4.78, 5) is 40.8. The Morgan fingerprint density at radius 2 is 1.89 bits per heavy atom. The van der Waals surface area contributed by atoms with Gasteiger partial charge in [-0.05, 0) is 36.2 Å². The molecule has 196 valence electrons. The Labute approximate surface area is 215 Å². The minimum Gasteiger partial charge on any atom is -0.468 e. The fourth-order valence-electron chi connectivity index (χ4n) is 7.63. The molecule has 10 heteroatoms. The van der Waals surface area contributed by atoms with E-state index in [2.05, 4.69) is 5.32 Å². The maximum Gasteiger partial charge on any atom is 0.322 e. The van der Waals surface area contributed by atoms with Gasteiger partial charge in [-0.25, -0.2) is 0 Å². The summed E-state index contributed by atoms with van der Waals surface area (Å²) in [6.07, 6.45) is 1.00. The molecule has 3 saturated heterocycles. The molecule has 2 saturated carbocycles. The van der Waals surface area contributed by atoms with Gasteiger partial charge in [-0.1, -0.05) is 6.92 Å². The Hall–Kier alpha value is -0.710. The third-order valence-electron chi connectivity index (χ3n) is 9.35. The van der Waals surface area contributed by atoms with Crippen LogP contribution in [0.1, 0.15) is 32.6 Å². The maximum absolute atomic E-state index is 14.4. The summed E-state index contributed by atoms with van der Waals surface area (Å²) in [5.41, 5.74) is -1.27. The number of nitrogens with one attached hydrogen (secondary N) is 1. The second-order valence-electron chi connectivity index (χ2n) is 10.8. The standard InChI is InChI=1S/C25H36ClNO7S/c1-11-7-15(28)18-13(12-5-6-35-10-12)8-14(24(30)33-4)27-22(18)25(11)23(29)19-16(31-2)9-17(32-3)20(26)21(19)34-25/h11-14,16-22,27H,5-10H2,1-4H3/t11-,12?,13?,14?,16?,17?,18?,19?,20?,21?,22?,25+/m1/s1. The number of hydrogen-bond acceptors (Lipinski definition) is 9. The van der Waals surface area contributed by atoms with Crippen molar-refractivity contribution in [2.75, 3.05) is 32.8 Å². The molecule has 3 heterocycles. The molecule has 5 rings (SSSR count). The molecule has 35 heavy (non-hydrogen) atoms. The Balaban J connectivity index is 1.58. The van der Waals surface area contributed by atoms with Gasteiger partial charge in [0, 0.05) is 38.9 Å². The molecular weight excluding hydrogens is 494 g/mol. The van der Waals surface area contributed by atoms with Crippen LogP contribution >= 0.6 is 23.4 Å². The average molecular weight is 530 g/mol. The quantitative estimate of drug-likeness (QED) is 0.432. The van der Waals surface area contributed by atoms with Gasteiger partial charge in [0.2, 0.25) is 0 Å². The van der Waals surface area contributed by atoms with E-state index in [0.717, 1.165) is 17.9 Å². The second kappa shape index (κ2) is 9.87. The number of ketones is 2. The number of halogens is 1. The van der Waals surface area contributed by atoms with Gasteiger partial charge in [-0.2, -0.15) is 11.8 Å². The van der Waals surface area contributed by atoms with Gasteiger partial charge in [0.15, 0.2) is 5.78 Å². The number of alkyl halides is 1. The van der Waals surface area contributed by atoms with Gasteiger partial charge in [-0.15, -0.1) is 11.6 Å². The van der Waals surface area contributed by atoms with E-state index in [1.54, 1.807) is 14.2 Å². The lowest BCUT2D eigenvalue weighted by Crippen LogP contribution is -2.73. The number of carbonyl (C=O) groups is 3. The lowest BCUT2D eigenvalue weighted by atomic mass is 9.56. The number of methoxy groups -OCH3 is 3. The van der Waals surface area contributed by atoms with E-state index in [1.807, 2.05) is 18.7 Å². The van der Waals surface area contributed by atoms with Crippen LogP contribution in [0.4, 0.5) is 0 Å². The molecular formula is C25H36ClNO7S. The topological polar surface area (TPSA) is 100 Å². The van der Waals surface area contributed by atoms with Crippen molar-refractivity contribution >= 4 is 40.9 Å². The number of hydrogen-bond donors (Lipinski definition) is 1. The van der Waals surface area contributed by atoms with Crippen LogP contribution in [0.25, 0.3) is 0 Å². The van der Waals surface area contributed by atoms with Crippen molar-refractivity contribution in [1.29, 1.82) is 0 Å². The van der Waals surface area contributed by atoms with Gasteiger partial charge in [0.05, 0.1) is 42.8 Å². The predicted octanol–water partition coefficient (Wildman–Crippen LogP) is 1.85. The molecule has 12 atom stereocenters. The number of carbonyl (C=O) groups excluding carboxylic acids is 3. The first-order chi connectivity index (χ1) is 16.8. The van der Waals surface area contributed by atoms with Gasteiger partial charge in [0.25, 0.3) is 0 Å². The molecule has 10 unspecified atom stereocenters. The summed E-state index contributed by atoms with van der Waals surface area (Å²) in [6, 6.07) is -1.21. The number of fused-ring (bicyclic) bond motifs is 3. The first kappa shape index (κ1) is 25.9. The van der Waals surface area contributed by atoms with Crippen molar-refractivity contribution in [3.05, 3.63) is 0 Å². The first-order valence-electron chi connectivity index (χ1n) is 12.6. The van der Waals surface area contributed by atoms with Crippen LogP contribution < -0.4 is 5.32 Å². The smallest absolute Gasteiger partial charge is 0.322 e. The molecule has 1 N–H and O–H groups in total. The molecule has 0 aromatic rings. The van der Waals surface area contributed by atoms with Crippen molar-refractivity contribution < 1.29 is 33.3 Å². The normalized spacial score (nSPS) is 49.7. The summed E-state index contributed by atoms with van der Waals surface area (Å²) in [5.74, 6) is 0.729. The Bertz CT molecular complexity index is 869. The fraction of sp³-hybridized carbons (Fsp3) is 0.880. The molecule has 3 aliphatic heterocycles. The molecule has 0 amide bonds. The van der Waals surface area contributed by atoms with Gasteiger partial charge < -0.3 is 18.9 Å². The number of thioether (sulfide) groups is 1. The summed E-state index contributed by atoms with van der Waals surface area (Å²) in [7, 11) is 4.57. The molecule has 0 aromatic heterocycles. The Morgan fingerprint density at radius 3 is 2.51 bits per heavy atom. The van der Waals surface area contributed by atoms with E-state index in [-0.39, 0.29) is 41.9 Å². The summed E-state index contributed by atoms with van der Waals surface area (Å²) >= 11 is 8.72. The van der Waals surface area contributed by atoms with Crippen LogP contribution in [0.15, 0.2) is 0 Å². The largest absolute Gasteiger partial charge is 0.468 e. The zero-order chi connectivity index (χ0) is 25.1. The average Bonchev–Trinajstić information content (AvgIpc) is 3.50. The van der Waals surface area contributed by atoms with E-state index in [9.17, 15) is 14.4 Å². The van der Waals surface area contributed by atoms with E-state index in [1.165, 1.54) is 7.11 Å². The molecule has 5 fully saturated rings. The number of piperidine rings is 1. The minimum atomic E-state index is -1.27. The van der Waals surface area contributed by atoms with Crippen LogP contribution in [-0.4, -0.2) is 91.7 Å². The van der Waals surface area contributed by atoms with E-state index in [4.69, 9.17) is 30.5 Å². The van der Waals surface area contributed by atoms with E-state index < -0.39 is 47.1 Å². The molecule has 8 nitrogen and oxygen atoms in total. The molecule has 0 radical (unpaired) electrons. The van der Waals surface area contributed by atoms with Crippen LogP contribution in [0.2, 0.25) is 0 Å². The fourth-order valence-corrected chi connectivity index (χ4v) is 9.40. The zero-order valence-electron chi connectivity index (χ0n) is 20.7. The Kier molecular flexibility index (Phi) is 7.31. The van der Waals surface area contributed by atoms with Gasteiger partial charge in [0.1, 0.15) is 17.4 Å². The number of esters is 1. The summed E-state index contributed by atoms with van der Waals surface area (Å²) in [5, 5.41) is 2.88. The molecule has 0 aromatic carbocycles. The molecule has 0 bridgehead atoms. The number of rotatable bonds is 4. The van der Waals surface area contributed by atoms with E-state index >= 15 is 0 Å². The third-order valence-corrected chi connectivity index (χ3v) is 11.1. The second-order valence-corrected chi connectivity index (χ2v) is 12.5. The maximum atomic E-state index is 14.4. The van der Waals surface area contributed by atoms with Crippen molar-refractivity contribution in [2.24, 2.45) is 29.6 Å². The molecule has 1 spiro atoms. The third kappa shape index (κ3) is 3.91. The highest BCUT2D eigenvalue weighted by atomic mass is 35.5. The predicted molar refractivity (Wildman–Crippen MR) is 130 cm³/mol. The summed E-state index contributed by atoms with van der Waals surface area (Å²) < 4.78 is 23.3. The molecule has 5 aliphatic rings. The molecule has 2 aliphatic carbocycles. The minimum absolute atomic E-state index is 0.00648. The highest BCUT2D eigenvalue weighted by molar-refractivity contribution is 7.99. The first-order valence-corrected chi connectivity index (χ1v) is 14.2. The zero-order valence-corrected chi connectivity index (χ0v) is 22.3. The van der Waals surface area contributed by atoms with Crippen LogP contribution in [0, 0.1) is 29.6 Å². The summed E-state index contributed by atoms with van der Waals surface area (Å²) in [6.45, 7) is 1.91. The van der Waals surface area contributed by atoms with Crippen LogP contribution in [-0.2, 0) is 33.3 Å². The van der Waals surface area contributed by atoms with Crippen molar-refractivity contribution in [1.82, 2.24) is 5.32 Å².